The second-order valence-electron chi connectivity index (χ2n) is 4.63. The number of hydrogen-bond acceptors (Lipinski definition) is 4. The maximum Gasteiger partial charge on any atom is 0.276 e. The van der Waals surface area contributed by atoms with Crippen LogP contribution in [0.15, 0.2) is 48.2 Å². The molecule has 1 amide bonds. The number of nitrogens with one attached hydrogen (secondary N) is 2. The highest BCUT2D eigenvalue weighted by molar-refractivity contribution is 5.77. The van der Waals surface area contributed by atoms with Crippen LogP contribution in [-0.4, -0.2) is 12.5 Å². The molecule has 0 fully saturated rings. The van der Waals surface area contributed by atoms with E-state index >= 15 is 0 Å². The molecule has 0 atom stereocenters. The van der Waals surface area contributed by atoms with E-state index in [-0.39, 0.29) is 12.5 Å². The van der Waals surface area contributed by atoms with E-state index in [1.165, 1.54) is 5.57 Å². The predicted molar refractivity (Wildman–Crippen MR) is 79.0 cm³/mol. The monoisotopic (exact) mass is 283 g/mol. The van der Waals surface area contributed by atoms with Crippen molar-refractivity contribution in [3.05, 3.63) is 53.8 Å². The number of allylic oxidation sites excluding steroid dienone is 3. The molecule has 0 heterocycles. The summed E-state index contributed by atoms with van der Waals surface area (Å²) in [6, 6.07) is 8.64. The summed E-state index contributed by atoms with van der Waals surface area (Å²) < 4.78 is 5.32. The zero-order valence-corrected chi connectivity index (χ0v) is 11.6. The zero-order chi connectivity index (χ0) is 14.9. The van der Waals surface area contributed by atoms with Crippen LogP contribution in [-0.2, 0) is 4.79 Å². The average Bonchev–Trinajstić information content (AvgIpc) is 2.54. The number of nitrogens with zero attached hydrogens (tertiary/aromatic N) is 1. The fourth-order valence-electron chi connectivity index (χ4n) is 1.88. The van der Waals surface area contributed by atoms with Gasteiger partial charge in [0.05, 0.1) is 11.6 Å². The second-order valence-corrected chi connectivity index (χ2v) is 4.63. The van der Waals surface area contributed by atoms with Crippen molar-refractivity contribution in [2.45, 2.75) is 19.3 Å². The van der Waals surface area contributed by atoms with E-state index in [1.807, 2.05) is 12.3 Å². The van der Waals surface area contributed by atoms with Gasteiger partial charge in [-0.15, -0.1) is 0 Å². The number of amides is 1. The van der Waals surface area contributed by atoms with Crippen molar-refractivity contribution in [1.29, 1.82) is 5.26 Å². The van der Waals surface area contributed by atoms with Crippen molar-refractivity contribution in [3.8, 4) is 11.8 Å². The van der Waals surface area contributed by atoms with Gasteiger partial charge in [0.15, 0.2) is 6.61 Å². The fourth-order valence-corrected chi connectivity index (χ4v) is 1.88. The highest BCUT2D eigenvalue weighted by atomic mass is 16.5. The van der Waals surface area contributed by atoms with Gasteiger partial charge >= 0.3 is 0 Å². The largest absolute Gasteiger partial charge is 0.484 e. The van der Waals surface area contributed by atoms with Crippen LogP contribution in [0.2, 0.25) is 0 Å². The molecule has 5 heteroatoms. The molecule has 0 saturated heterocycles. The quantitative estimate of drug-likeness (QED) is 0.641. The van der Waals surface area contributed by atoms with Gasteiger partial charge in [-0.3, -0.25) is 10.2 Å². The lowest BCUT2D eigenvalue weighted by Gasteiger charge is -2.10. The molecule has 0 spiro atoms. The molecular formula is C16H17N3O2. The molecule has 1 aliphatic rings. The van der Waals surface area contributed by atoms with Crippen LogP contribution in [0.3, 0.4) is 0 Å². The van der Waals surface area contributed by atoms with Gasteiger partial charge in [-0.1, -0.05) is 12.2 Å². The van der Waals surface area contributed by atoms with Gasteiger partial charge in [0.2, 0.25) is 0 Å². The van der Waals surface area contributed by atoms with Crippen LogP contribution in [0.4, 0.5) is 0 Å². The second kappa shape index (κ2) is 7.75. The molecule has 0 saturated carbocycles. The number of carbonyl (C=O) groups is 1. The molecule has 21 heavy (non-hydrogen) atoms. The molecule has 2 rings (SSSR count). The van der Waals surface area contributed by atoms with Crippen molar-refractivity contribution in [2.75, 3.05) is 6.61 Å². The Morgan fingerprint density at radius 3 is 2.81 bits per heavy atom. The van der Waals surface area contributed by atoms with Crippen molar-refractivity contribution in [1.82, 2.24) is 10.9 Å². The third-order valence-electron chi connectivity index (χ3n) is 3.02. The normalized spacial score (nSPS) is 15.3. The van der Waals surface area contributed by atoms with Crippen LogP contribution in [0, 0.1) is 11.3 Å². The molecule has 108 valence electrons. The Labute approximate surface area is 123 Å². The van der Waals surface area contributed by atoms with E-state index in [4.69, 9.17) is 10.00 Å². The minimum atomic E-state index is -0.262. The first-order valence-electron chi connectivity index (χ1n) is 6.78. The minimum Gasteiger partial charge on any atom is -0.484 e. The number of hydrogen-bond donors (Lipinski definition) is 2. The van der Waals surface area contributed by atoms with E-state index in [2.05, 4.69) is 23.0 Å². The molecule has 0 aromatic heterocycles. The summed E-state index contributed by atoms with van der Waals surface area (Å²) in [6.07, 6.45) is 9.08. The molecule has 0 bridgehead atoms. The fraction of sp³-hybridized carbons (Fsp3) is 0.250. The topological polar surface area (TPSA) is 74.1 Å². The lowest BCUT2D eigenvalue weighted by atomic mass is 10.0. The molecule has 2 N–H and O–H groups in total. The SMILES string of the molecule is N#Cc1ccc(OCC(=O)NN/C=C2\CC=CCC2)cc1. The Morgan fingerprint density at radius 2 is 2.14 bits per heavy atom. The van der Waals surface area contributed by atoms with Crippen LogP contribution >= 0.6 is 0 Å². The first kappa shape index (κ1) is 14.7. The van der Waals surface area contributed by atoms with Crippen molar-refractivity contribution in [3.63, 3.8) is 0 Å². The smallest absolute Gasteiger partial charge is 0.276 e. The summed E-state index contributed by atoms with van der Waals surface area (Å²) in [5.74, 6) is 0.294. The maximum atomic E-state index is 11.6. The molecule has 0 aliphatic heterocycles. The van der Waals surface area contributed by atoms with E-state index in [0.717, 1.165) is 19.3 Å². The van der Waals surface area contributed by atoms with E-state index in [1.54, 1.807) is 24.3 Å². The third-order valence-corrected chi connectivity index (χ3v) is 3.02. The number of benzene rings is 1. The number of carbonyl (C=O) groups excluding carboxylic acids is 1. The number of rotatable bonds is 5. The molecule has 1 aromatic carbocycles. The first-order valence-corrected chi connectivity index (χ1v) is 6.78. The minimum absolute atomic E-state index is 0.0814. The summed E-state index contributed by atoms with van der Waals surface area (Å²) in [6.45, 7) is -0.0814. The van der Waals surface area contributed by atoms with Gasteiger partial charge in [0, 0.05) is 6.20 Å². The zero-order valence-electron chi connectivity index (χ0n) is 11.6. The van der Waals surface area contributed by atoms with Crippen LogP contribution in [0.5, 0.6) is 5.75 Å². The molecular weight excluding hydrogens is 266 g/mol. The summed E-state index contributed by atoms with van der Waals surface area (Å²) >= 11 is 0. The first-order chi connectivity index (χ1) is 10.3. The van der Waals surface area contributed by atoms with E-state index in [9.17, 15) is 4.79 Å². The van der Waals surface area contributed by atoms with Gasteiger partial charge in [-0.05, 0) is 49.1 Å². The maximum absolute atomic E-state index is 11.6. The van der Waals surface area contributed by atoms with E-state index in [0.29, 0.717) is 11.3 Å². The molecule has 1 aromatic rings. The Morgan fingerprint density at radius 1 is 1.33 bits per heavy atom. The van der Waals surface area contributed by atoms with Crippen molar-refractivity contribution >= 4 is 5.91 Å². The Hall–Kier alpha value is -2.74. The van der Waals surface area contributed by atoms with Gasteiger partial charge in [0.25, 0.3) is 5.91 Å². The summed E-state index contributed by atoms with van der Waals surface area (Å²) in [4.78, 5) is 11.6. The van der Waals surface area contributed by atoms with Crippen molar-refractivity contribution < 1.29 is 9.53 Å². The number of hydrazine groups is 1. The molecule has 5 nitrogen and oxygen atoms in total. The van der Waals surface area contributed by atoms with Gasteiger partial charge < -0.3 is 10.2 Å². The number of nitriles is 1. The highest BCUT2D eigenvalue weighted by Crippen LogP contribution is 2.15. The molecule has 1 aliphatic carbocycles. The van der Waals surface area contributed by atoms with Crippen LogP contribution in [0.25, 0.3) is 0 Å². The van der Waals surface area contributed by atoms with Crippen LogP contribution in [0.1, 0.15) is 24.8 Å². The third kappa shape index (κ3) is 5.03. The summed E-state index contributed by atoms with van der Waals surface area (Å²) in [5.41, 5.74) is 7.16. The Balaban J connectivity index is 1.69. The average molecular weight is 283 g/mol. The van der Waals surface area contributed by atoms with Crippen LogP contribution < -0.4 is 15.6 Å². The lowest BCUT2D eigenvalue weighted by Crippen LogP contribution is -2.37. The Bertz CT molecular complexity index is 583. The van der Waals surface area contributed by atoms with Crippen molar-refractivity contribution in [2.24, 2.45) is 0 Å². The Kier molecular flexibility index (Phi) is 5.41. The van der Waals surface area contributed by atoms with Gasteiger partial charge in [-0.25, -0.2) is 0 Å². The summed E-state index contributed by atoms with van der Waals surface area (Å²) in [5, 5.41) is 8.68. The predicted octanol–water partition coefficient (Wildman–Crippen LogP) is 2.18. The van der Waals surface area contributed by atoms with Gasteiger partial charge in [-0.2, -0.15) is 5.26 Å². The highest BCUT2D eigenvalue weighted by Gasteiger charge is 2.03. The van der Waals surface area contributed by atoms with Gasteiger partial charge in [0.1, 0.15) is 5.75 Å². The molecule has 0 radical (unpaired) electrons. The molecule has 0 unspecified atom stereocenters. The van der Waals surface area contributed by atoms with E-state index < -0.39 is 0 Å². The number of ether oxygens (including phenoxy) is 1. The summed E-state index contributed by atoms with van der Waals surface area (Å²) in [7, 11) is 0. The lowest BCUT2D eigenvalue weighted by molar-refractivity contribution is -0.123. The standard InChI is InChI=1S/C16H17N3O2/c17-10-13-6-8-15(9-7-13)21-12-16(20)19-18-11-14-4-2-1-3-5-14/h1-2,6-9,11,18H,3-5,12H2,(H,19,20)/b14-11+.